The highest BCUT2D eigenvalue weighted by atomic mass is 16.5. The first-order valence-corrected chi connectivity index (χ1v) is 6.19. The van der Waals surface area contributed by atoms with Gasteiger partial charge in [-0.05, 0) is 19.9 Å². The van der Waals surface area contributed by atoms with Crippen molar-refractivity contribution in [3.63, 3.8) is 0 Å². The fraction of sp³-hybridized carbons (Fsp3) is 0.917. The Labute approximate surface area is 99.1 Å². The molecule has 2 N–H and O–H groups in total. The largest absolute Gasteiger partial charge is 0.383 e. The fourth-order valence-electron chi connectivity index (χ4n) is 1.50. The summed E-state index contributed by atoms with van der Waals surface area (Å²) in [6, 6.07) is 0.0828. The Bertz CT molecular complexity index is 174. The van der Waals surface area contributed by atoms with E-state index in [1.807, 2.05) is 6.92 Å². The molecule has 0 aliphatic carbocycles. The van der Waals surface area contributed by atoms with E-state index in [4.69, 9.17) is 4.74 Å². The lowest BCUT2D eigenvalue weighted by Gasteiger charge is -2.12. The van der Waals surface area contributed by atoms with Crippen LogP contribution < -0.4 is 10.6 Å². The second-order valence-electron chi connectivity index (χ2n) is 4.16. The molecule has 0 aromatic carbocycles. The van der Waals surface area contributed by atoms with E-state index < -0.39 is 0 Å². The molecule has 16 heavy (non-hydrogen) atoms. The molecule has 0 saturated heterocycles. The highest BCUT2D eigenvalue weighted by Crippen LogP contribution is 1.96. The molecule has 0 aliphatic rings. The Morgan fingerprint density at radius 2 is 2.06 bits per heavy atom. The quantitative estimate of drug-likeness (QED) is 0.556. The SMILES string of the molecule is CCCCCCNCC(=O)NC(C)COC. The zero-order chi connectivity index (χ0) is 12.2. The molecule has 0 saturated carbocycles. The summed E-state index contributed by atoms with van der Waals surface area (Å²) < 4.78 is 4.94. The number of rotatable bonds is 10. The van der Waals surface area contributed by atoms with Crippen molar-refractivity contribution in [1.82, 2.24) is 10.6 Å². The van der Waals surface area contributed by atoms with Crippen LogP contribution in [-0.4, -0.2) is 38.8 Å². The van der Waals surface area contributed by atoms with Crippen molar-refractivity contribution in [2.45, 2.75) is 45.6 Å². The van der Waals surface area contributed by atoms with Crippen molar-refractivity contribution in [2.24, 2.45) is 0 Å². The number of nitrogens with one attached hydrogen (secondary N) is 2. The van der Waals surface area contributed by atoms with Crippen molar-refractivity contribution in [3.05, 3.63) is 0 Å². The molecule has 0 aromatic heterocycles. The highest BCUT2D eigenvalue weighted by Gasteiger charge is 2.05. The summed E-state index contributed by atoms with van der Waals surface area (Å²) >= 11 is 0. The zero-order valence-corrected chi connectivity index (χ0v) is 10.8. The second kappa shape index (κ2) is 10.9. The van der Waals surface area contributed by atoms with Crippen molar-refractivity contribution in [3.8, 4) is 0 Å². The van der Waals surface area contributed by atoms with Crippen LogP contribution in [0.3, 0.4) is 0 Å². The van der Waals surface area contributed by atoms with Gasteiger partial charge in [0.1, 0.15) is 0 Å². The van der Waals surface area contributed by atoms with E-state index in [1.165, 1.54) is 19.3 Å². The Kier molecular flexibility index (Phi) is 10.5. The van der Waals surface area contributed by atoms with Gasteiger partial charge in [-0.25, -0.2) is 0 Å². The third kappa shape index (κ3) is 9.93. The van der Waals surface area contributed by atoms with Crippen LogP contribution in [0.1, 0.15) is 39.5 Å². The average molecular weight is 230 g/mol. The predicted octanol–water partition coefficient (Wildman–Crippen LogP) is 1.31. The first kappa shape index (κ1) is 15.4. The van der Waals surface area contributed by atoms with E-state index in [1.54, 1.807) is 7.11 Å². The molecule has 0 fully saturated rings. The molecule has 4 heteroatoms. The van der Waals surface area contributed by atoms with Gasteiger partial charge in [0.15, 0.2) is 0 Å². The molecule has 0 aliphatic heterocycles. The standard InChI is InChI=1S/C12H26N2O2/c1-4-5-6-7-8-13-9-12(15)14-11(2)10-16-3/h11,13H,4-10H2,1-3H3,(H,14,15). The van der Waals surface area contributed by atoms with Crippen molar-refractivity contribution in [2.75, 3.05) is 26.8 Å². The van der Waals surface area contributed by atoms with E-state index in [0.717, 1.165) is 13.0 Å². The van der Waals surface area contributed by atoms with Gasteiger partial charge in [-0.1, -0.05) is 26.2 Å². The molecule has 96 valence electrons. The minimum Gasteiger partial charge on any atom is -0.383 e. The molecule has 0 rings (SSSR count). The molecular formula is C12H26N2O2. The topological polar surface area (TPSA) is 50.4 Å². The minimum absolute atomic E-state index is 0.0417. The Hall–Kier alpha value is -0.610. The summed E-state index contributed by atoms with van der Waals surface area (Å²) in [4.78, 5) is 11.4. The van der Waals surface area contributed by atoms with E-state index in [0.29, 0.717) is 13.2 Å². The van der Waals surface area contributed by atoms with Gasteiger partial charge in [0, 0.05) is 13.2 Å². The molecule has 0 radical (unpaired) electrons. The lowest BCUT2D eigenvalue weighted by atomic mass is 10.2. The molecule has 0 bridgehead atoms. The summed E-state index contributed by atoms with van der Waals surface area (Å²) in [7, 11) is 1.63. The van der Waals surface area contributed by atoms with Gasteiger partial charge in [-0.3, -0.25) is 4.79 Å². The summed E-state index contributed by atoms with van der Waals surface area (Å²) in [6.45, 7) is 6.01. The predicted molar refractivity (Wildman–Crippen MR) is 66.5 cm³/mol. The van der Waals surface area contributed by atoms with Gasteiger partial charge in [-0.2, -0.15) is 0 Å². The lowest BCUT2D eigenvalue weighted by Crippen LogP contribution is -2.41. The van der Waals surface area contributed by atoms with Gasteiger partial charge in [0.25, 0.3) is 0 Å². The van der Waals surface area contributed by atoms with Crippen LogP contribution in [0.4, 0.5) is 0 Å². The van der Waals surface area contributed by atoms with Gasteiger partial charge in [0.2, 0.25) is 5.91 Å². The summed E-state index contributed by atoms with van der Waals surface area (Å²) in [6.07, 6.45) is 4.91. The van der Waals surface area contributed by atoms with Crippen LogP contribution in [0.5, 0.6) is 0 Å². The molecule has 0 heterocycles. The third-order valence-electron chi connectivity index (χ3n) is 2.32. The fourth-order valence-corrected chi connectivity index (χ4v) is 1.50. The van der Waals surface area contributed by atoms with Crippen molar-refractivity contribution in [1.29, 1.82) is 0 Å². The first-order chi connectivity index (χ1) is 7.70. The molecule has 4 nitrogen and oxygen atoms in total. The number of methoxy groups -OCH3 is 1. The number of carbonyl (C=O) groups excluding carboxylic acids is 1. The maximum atomic E-state index is 11.4. The average Bonchev–Trinajstić information content (AvgIpc) is 2.23. The lowest BCUT2D eigenvalue weighted by molar-refractivity contribution is -0.121. The Morgan fingerprint density at radius 3 is 2.69 bits per heavy atom. The Balaban J connectivity index is 3.30. The highest BCUT2D eigenvalue weighted by molar-refractivity contribution is 5.78. The molecule has 1 unspecified atom stereocenters. The summed E-state index contributed by atoms with van der Waals surface area (Å²) in [5.74, 6) is 0.0417. The van der Waals surface area contributed by atoms with Gasteiger partial charge >= 0.3 is 0 Å². The molecule has 0 aromatic rings. The summed E-state index contributed by atoms with van der Waals surface area (Å²) in [5, 5.41) is 6.00. The number of amides is 1. The maximum Gasteiger partial charge on any atom is 0.234 e. The van der Waals surface area contributed by atoms with Crippen molar-refractivity contribution >= 4 is 5.91 Å². The minimum atomic E-state index is 0.0417. The zero-order valence-electron chi connectivity index (χ0n) is 10.8. The van der Waals surface area contributed by atoms with Gasteiger partial charge < -0.3 is 15.4 Å². The number of hydrogen-bond donors (Lipinski definition) is 2. The maximum absolute atomic E-state index is 11.4. The van der Waals surface area contributed by atoms with Crippen LogP contribution in [0.2, 0.25) is 0 Å². The normalized spacial score (nSPS) is 12.4. The molecule has 0 spiro atoms. The number of ether oxygens (including phenoxy) is 1. The van der Waals surface area contributed by atoms with E-state index >= 15 is 0 Å². The van der Waals surface area contributed by atoms with Crippen LogP contribution in [0, 0.1) is 0 Å². The first-order valence-electron chi connectivity index (χ1n) is 6.19. The molecule has 1 atom stereocenters. The van der Waals surface area contributed by atoms with Crippen LogP contribution >= 0.6 is 0 Å². The number of unbranched alkanes of at least 4 members (excludes halogenated alkanes) is 3. The van der Waals surface area contributed by atoms with Crippen molar-refractivity contribution < 1.29 is 9.53 Å². The van der Waals surface area contributed by atoms with E-state index in [9.17, 15) is 4.79 Å². The van der Waals surface area contributed by atoms with Crippen LogP contribution in [-0.2, 0) is 9.53 Å². The van der Waals surface area contributed by atoms with Gasteiger partial charge in [-0.15, -0.1) is 0 Å². The van der Waals surface area contributed by atoms with Crippen LogP contribution in [0.15, 0.2) is 0 Å². The Morgan fingerprint density at radius 1 is 1.31 bits per heavy atom. The monoisotopic (exact) mass is 230 g/mol. The number of carbonyl (C=O) groups is 1. The second-order valence-corrected chi connectivity index (χ2v) is 4.16. The summed E-state index contributed by atoms with van der Waals surface area (Å²) in [5.41, 5.74) is 0. The van der Waals surface area contributed by atoms with E-state index in [-0.39, 0.29) is 11.9 Å². The smallest absolute Gasteiger partial charge is 0.234 e. The third-order valence-corrected chi connectivity index (χ3v) is 2.32. The van der Waals surface area contributed by atoms with Crippen LogP contribution in [0.25, 0.3) is 0 Å². The van der Waals surface area contributed by atoms with E-state index in [2.05, 4.69) is 17.6 Å². The molecular weight excluding hydrogens is 204 g/mol. The molecule has 1 amide bonds. The van der Waals surface area contributed by atoms with Gasteiger partial charge in [0.05, 0.1) is 13.2 Å². The number of hydrogen-bond acceptors (Lipinski definition) is 3.